The van der Waals surface area contributed by atoms with E-state index < -0.39 is 0 Å². The van der Waals surface area contributed by atoms with Gasteiger partial charge in [-0.3, -0.25) is 0 Å². The zero-order chi connectivity index (χ0) is 20.1. The molecule has 0 radical (unpaired) electrons. The molecule has 0 saturated carbocycles. The van der Waals surface area contributed by atoms with Gasteiger partial charge in [0.05, 0.1) is 25.2 Å². The number of rotatable bonds is 7. The van der Waals surface area contributed by atoms with Gasteiger partial charge in [-0.2, -0.15) is 0 Å². The number of pyridine rings is 1. The van der Waals surface area contributed by atoms with Crippen LogP contribution in [-0.2, 0) is 0 Å². The Hall–Kier alpha value is -3.28. The molecule has 1 aliphatic heterocycles. The summed E-state index contributed by atoms with van der Waals surface area (Å²) in [5.41, 5.74) is 1.65. The molecule has 2 aromatic carbocycles. The summed E-state index contributed by atoms with van der Waals surface area (Å²) in [5.74, 6) is 1.41. The molecular weight excluding hydrogens is 366 g/mol. The molecule has 0 aliphatic carbocycles. The number of nitrogens with zero attached hydrogens (tertiary/aromatic N) is 2. The van der Waals surface area contributed by atoms with Crippen LogP contribution in [0.25, 0.3) is 10.9 Å². The zero-order valence-corrected chi connectivity index (χ0v) is 16.5. The molecule has 1 N–H and O–H groups in total. The molecule has 0 spiro atoms. The molecule has 1 saturated heterocycles. The fraction of sp³-hybridized carbons (Fsp3) is 0.304. The van der Waals surface area contributed by atoms with Crippen LogP contribution in [0.5, 0.6) is 11.6 Å². The minimum Gasteiger partial charge on any atom is -0.494 e. The van der Waals surface area contributed by atoms with Gasteiger partial charge in [-0.05, 0) is 42.8 Å². The Balaban J connectivity index is 1.24. The number of carbonyl (C=O) groups is 1. The highest BCUT2D eigenvalue weighted by Crippen LogP contribution is 2.21. The number of anilines is 1. The van der Waals surface area contributed by atoms with Crippen LogP contribution in [0.15, 0.2) is 60.7 Å². The number of aromatic nitrogens is 1. The first kappa shape index (κ1) is 19.1. The van der Waals surface area contributed by atoms with Crippen molar-refractivity contribution in [2.45, 2.75) is 25.9 Å². The standard InChI is InChI=1S/C23H25N3O3/c1-2-3-14-28-19-11-9-18(10-12-19)24-23(27)26-15-20(16-26)29-22-13-8-17-6-4-5-7-21(17)25-22/h4-13,20H,2-3,14-16H2,1H3,(H,24,27). The molecule has 0 atom stereocenters. The smallest absolute Gasteiger partial charge is 0.322 e. The van der Waals surface area contributed by atoms with Gasteiger partial charge in [0.1, 0.15) is 11.9 Å². The lowest BCUT2D eigenvalue weighted by Crippen LogP contribution is -2.57. The van der Waals surface area contributed by atoms with E-state index in [1.807, 2.05) is 60.7 Å². The van der Waals surface area contributed by atoms with Crippen molar-refractivity contribution in [2.24, 2.45) is 0 Å². The molecule has 0 unspecified atom stereocenters. The molecule has 1 aliphatic rings. The fourth-order valence-electron chi connectivity index (χ4n) is 3.13. The molecule has 6 heteroatoms. The van der Waals surface area contributed by atoms with Gasteiger partial charge >= 0.3 is 6.03 Å². The van der Waals surface area contributed by atoms with Crippen molar-refractivity contribution >= 4 is 22.6 Å². The predicted octanol–water partition coefficient (Wildman–Crippen LogP) is 4.71. The fourth-order valence-corrected chi connectivity index (χ4v) is 3.13. The lowest BCUT2D eigenvalue weighted by atomic mass is 10.2. The second-order valence-corrected chi connectivity index (χ2v) is 7.14. The van der Waals surface area contributed by atoms with Crippen molar-refractivity contribution in [2.75, 3.05) is 25.0 Å². The second-order valence-electron chi connectivity index (χ2n) is 7.14. The summed E-state index contributed by atoms with van der Waals surface area (Å²) in [6, 6.07) is 19.1. The number of unbranched alkanes of at least 4 members (excludes halogenated alkanes) is 1. The number of nitrogens with one attached hydrogen (secondary N) is 1. The SMILES string of the molecule is CCCCOc1ccc(NC(=O)N2CC(Oc3ccc4ccccc4n3)C2)cc1. The van der Waals surface area contributed by atoms with Gasteiger partial charge in [-0.1, -0.05) is 31.5 Å². The van der Waals surface area contributed by atoms with Crippen LogP contribution < -0.4 is 14.8 Å². The molecular formula is C23H25N3O3. The molecule has 150 valence electrons. The predicted molar refractivity (Wildman–Crippen MR) is 114 cm³/mol. The van der Waals surface area contributed by atoms with E-state index in [2.05, 4.69) is 17.2 Å². The summed E-state index contributed by atoms with van der Waals surface area (Å²) < 4.78 is 11.5. The first-order valence-electron chi connectivity index (χ1n) is 10.0. The molecule has 1 aromatic heterocycles. The largest absolute Gasteiger partial charge is 0.494 e. The van der Waals surface area contributed by atoms with E-state index >= 15 is 0 Å². The summed E-state index contributed by atoms with van der Waals surface area (Å²) >= 11 is 0. The first-order chi connectivity index (χ1) is 14.2. The van der Waals surface area contributed by atoms with Crippen molar-refractivity contribution in [1.82, 2.24) is 9.88 Å². The van der Waals surface area contributed by atoms with Crippen LogP contribution in [0.3, 0.4) is 0 Å². The van der Waals surface area contributed by atoms with Gasteiger partial charge in [-0.25, -0.2) is 9.78 Å². The van der Waals surface area contributed by atoms with Crippen molar-refractivity contribution in [3.8, 4) is 11.6 Å². The summed E-state index contributed by atoms with van der Waals surface area (Å²) in [6.45, 7) is 3.92. The maximum absolute atomic E-state index is 12.4. The molecule has 29 heavy (non-hydrogen) atoms. The molecule has 2 amide bonds. The minimum absolute atomic E-state index is 0.0382. The van der Waals surface area contributed by atoms with Crippen LogP contribution in [0.2, 0.25) is 0 Å². The Morgan fingerprint density at radius 3 is 2.69 bits per heavy atom. The average molecular weight is 391 g/mol. The van der Waals surface area contributed by atoms with Gasteiger partial charge in [0.2, 0.25) is 5.88 Å². The van der Waals surface area contributed by atoms with Crippen LogP contribution in [0, 0.1) is 0 Å². The van der Waals surface area contributed by atoms with Crippen molar-refractivity contribution in [1.29, 1.82) is 0 Å². The first-order valence-corrected chi connectivity index (χ1v) is 10.0. The van der Waals surface area contributed by atoms with Gasteiger partial charge in [-0.15, -0.1) is 0 Å². The maximum atomic E-state index is 12.4. The lowest BCUT2D eigenvalue weighted by molar-refractivity contribution is 0.0463. The Kier molecular flexibility index (Phi) is 5.79. The monoisotopic (exact) mass is 391 g/mol. The van der Waals surface area contributed by atoms with Crippen molar-refractivity contribution in [3.63, 3.8) is 0 Å². The molecule has 3 aromatic rings. The molecule has 1 fully saturated rings. The van der Waals surface area contributed by atoms with Gasteiger partial charge in [0.15, 0.2) is 0 Å². The summed E-state index contributed by atoms with van der Waals surface area (Å²) in [5, 5.41) is 3.99. The number of likely N-dealkylation sites (tertiary alicyclic amines) is 1. The van der Waals surface area contributed by atoms with Gasteiger partial charge in [0.25, 0.3) is 0 Å². The highest BCUT2D eigenvalue weighted by molar-refractivity contribution is 5.90. The third kappa shape index (κ3) is 4.77. The number of para-hydroxylation sites is 1. The molecule has 2 heterocycles. The van der Waals surface area contributed by atoms with E-state index in [0.717, 1.165) is 35.2 Å². The van der Waals surface area contributed by atoms with Crippen LogP contribution >= 0.6 is 0 Å². The number of hydrogen-bond acceptors (Lipinski definition) is 4. The molecule has 0 bridgehead atoms. The van der Waals surface area contributed by atoms with Gasteiger partial charge < -0.3 is 19.7 Å². The quantitative estimate of drug-likeness (QED) is 0.593. The topological polar surface area (TPSA) is 63.7 Å². The second kappa shape index (κ2) is 8.82. The maximum Gasteiger partial charge on any atom is 0.322 e. The minimum atomic E-state index is -0.129. The van der Waals surface area contributed by atoms with Gasteiger partial charge in [0, 0.05) is 17.1 Å². The number of fused-ring (bicyclic) bond motifs is 1. The van der Waals surface area contributed by atoms with E-state index in [-0.39, 0.29) is 12.1 Å². The van der Waals surface area contributed by atoms with E-state index in [1.54, 1.807) is 4.90 Å². The van der Waals surface area contributed by atoms with Crippen LogP contribution in [-0.4, -0.2) is 41.7 Å². The highest BCUT2D eigenvalue weighted by Gasteiger charge is 2.32. The Morgan fingerprint density at radius 1 is 1.10 bits per heavy atom. The zero-order valence-electron chi connectivity index (χ0n) is 16.5. The van der Waals surface area contributed by atoms with Crippen molar-refractivity contribution in [3.05, 3.63) is 60.7 Å². The Bertz CT molecular complexity index is 969. The number of urea groups is 1. The van der Waals surface area contributed by atoms with Crippen molar-refractivity contribution < 1.29 is 14.3 Å². The Morgan fingerprint density at radius 2 is 1.90 bits per heavy atom. The Labute approximate surface area is 170 Å². The number of hydrogen-bond donors (Lipinski definition) is 1. The summed E-state index contributed by atoms with van der Waals surface area (Å²) in [4.78, 5) is 18.6. The molecule has 6 nitrogen and oxygen atoms in total. The normalized spacial score (nSPS) is 13.8. The summed E-state index contributed by atoms with van der Waals surface area (Å²) in [7, 11) is 0. The number of carbonyl (C=O) groups excluding carboxylic acids is 1. The lowest BCUT2D eigenvalue weighted by Gasteiger charge is -2.38. The van der Waals surface area contributed by atoms with E-state index in [0.29, 0.717) is 25.6 Å². The van der Waals surface area contributed by atoms with Crippen LogP contribution in [0.4, 0.5) is 10.5 Å². The number of amides is 2. The third-order valence-corrected chi connectivity index (χ3v) is 4.87. The number of benzene rings is 2. The van der Waals surface area contributed by atoms with E-state index in [1.165, 1.54) is 0 Å². The highest BCUT2D eigenvalue weighted by atomic mass is 16.5. The third-order valence-electron chi connectivity index (χ3n) is 4.87. The van der Waals surface area contributed by atoms with E-state index in [4.69, 9.17) is 9.47 Å². The summed E-state index contributed by atoms with van der Waals surface area (Å²) in [6.07, 6.45) is 2.10. The molecule has 4 rings (SSSR count). The number of ether oxygens (including phenoxy) is 2. The average Bonchev–Trinajstić information content (AvgIpc) is 2.71. The van der Waals surface area contributed by atoms with Crippen LogP contribution in [0.1, 0.15) is 19.8 Å². The van der Waals surface area contributed by atoms with E-state index in [9.17, 15) is 4.79 Å².